The number of rotatable bonds is 8. The summed E-state index contributed by atoms with van der Waals surface area (Å²) >= 11 is 1.64. The first-order chi connectivity index (χ1) is 14.2. The van der Waals surface area contributed by atoms with Crippen molar-refractivity contribution in [3.63, 3.8) is 0 Å². The Labute approximate surface area is 171 Å². The van der Waals surface area contributed by atoms with E-state index in [9.17, 15) is 4.79 Å². The average Bonchev–Trinajstić information content (AvgIpc) is 3.41. The van der Waals surface area contributed by atoms with Gasteiger partial charge in [0.25, 0.3) is 11.7 Å². The summed E-state index contributed by atoms with van der Waals surface area (Å²) < 4.78 is 7.39. The van der Waals surface area contributed by atoms with E-state index in [4.69, 9.17) is 4.74 Å². The number of thiophene rings is 1. The van der Waals surface area contributed by atoms with Crippen molar-refractivity contribution < 1.29 is 9.53 Å². The zero-order valence-corrected chi connectivity index (χ0v) is 16.6. The number of carbonyl (C=O) groups excluding carboxylic acids is 1. The van der Waals surface area contributed by atoms with Crippen molar-refractivity contribution in [2.75, 3.05) is 18.4 Å². The molecule has 9 heteroatoms. The maximum atomic E-state index is 12.4. The number of carbonyl (C=O) groups is 1. The van der Waals surface area contributed by atoms with Crippen molar-refractivity contribution >= 4 is 28.8 Å². The van der Waals surface area contributed by atoms with Crippen molar-refractivity contribution in [1.82, 2.24) is 24.9 Å². The van der Waals surface area contributed by atoms with Crippen LogP contribution in [-0.4, -0.2) is 38.6 Å². The highest BCUT2D eigenvalue weighted by Gasteiger charge is 2.08. The van der Waals surface area contributed by atoms with Gasteiger partial charge in [0, 0.05) is 35.3 Å². The molecule has 0 aliphatic carbocycles. The Morgan fingerprint density at radius 2 is 2.14 bits per heavy atom. The predicted octanol–water partition coefficient (Wildman–Crippen LogP) is 2.92. The van der Waals surface area contributed by atoms with Crippen LogP contribution in [-0.2, 0) is 6.61 Å². The topological polar surface area (TPSA) is 93.4 Å². The summed E-state index contributed by atoms with van der Waals surface area (Å²) in [7, 11) is 0. The van der Waals surface area contributed by atoms with Gasteiger partial charge in [0.1, 0.15) is 24.5 Å². The molecule has 1 aromatic carbocycles. The molecule has 3 aromatic heterocycles. The van der Waals surface area contributed by atoms with Crippen molar-refractivity contribution in [2.45, 2.75) is 13.5 Å². The van der Waals surface area contributed by atoms with Crippen molar-refractivity contribution in [3.8, 4) is 5.75 Å². The lowest BCUT2D eigenvalue weighted by Gasteiger charge is -2.10. The molecule has 0 radical (unpaired) electrons. The Balaban J connectivity index is 1.29. The SMILES string of the molecule is Cc1cc(NCCNC(=O)c2cccc(OCc3cccs3)c2)n2ncnc2n1. The fourth-order valence-corrected chi connectivity index (χ4v) is 3.42. The van der Waals surface area contributed by atoms with Crippen LogP contribution in [0.4, 0.5) is 5.82 Å². The van der Waals surface area contributed by atoms with E-state index in [1.165, 1.54) is 6.33 Å². The molecule has 0 aliphatic heterocycles. The number of nitrogens with one attached hydrogen (secondary N) is 2. The van der Waals surface area contributed by atoms with Crippen LogP contribution in [0, 0.1) is 6.92 Å². The van der Waals surface area contributed by atoms with E-state index in [-0.39, 0.29) is 5.91 Å². The Morgan fingerprint density at radius 1 is 1.21 bits per heavy atom. The first kappa shape index (κ1) is 18.9. The summed E-state index contributed by atoms with van der Waals surface area (Å²) in [6, 6.07) is 13.1. The summed E-state index contributed by atoms with van der Waals surface area (Å²) in [5, 5.41) is 12.3. The molecule has 0 atom stereocenters. The minimum Gasteiger partial charge on any atom is -0.488 e. The number of aromatic nitrogens is 4. The van der Waals surface area contributed by atoms with Crippen molar-refractivity contribution in [2.24, 2.45) is 0 Å². The third-order valence-electron chi connectivity index (χ3n) is 4.15. The lowest BCUT2D eigenvalue weighted by molar-refractivity contribution is 0.0954. The molecule has 8 nitrogen and oxygen atoms in total. The van der Waals surface area contributed by atoms with Gasteiger partial charge in [0.2, 0.25) is 0 Å². The summed E-state index contributed by atoms with van der Waals surface area (Å²) in [6.07, 6.45) is 1.46. The Bertz CT molecular complexity index is 1110. The molecule has 0 bridgehead atoms. The normalized spacial score (nSPS) is 10.8. The van der Waals surface area contributed by atoms with Gasteiger partial charge < -0.3 is 15.4 Å². The van der Waals surface area contributed by atoms with E-state index in [0.717, 1.165) is 16.4 Å². The number of nitrogens with zero attached hydrogens (tertiary/aromatic N) is 4. The number of hydrogen-bond donors (Lipinski definition) is 2. The molecular formula is C20H20N6O2S. The third kappa shape index (κ3) is 4.69. The highest BCUT2D eigenvalue weighted by atomic mass is 32.1. The molecule has 0 saturated heterocycles. The van der Waals surface area contributed by atoms with E-state index in [1.807, 2.05) is 42.6 Å². The molecule has 0 aliphatic rings. The standard InChI is InChI=1S/C20H20N6O2S/c1-14-10-18(26-20(25-14)23-13-24-26)21-7-8-22-19(27)15-4-2-5-16(11-15)28-12-17-6-3-9-29-17/h2-6,9-11,13,21H,7-8,12H2,1H3,(H,22,27). The number of amides is 1. The number of benzene rings is 1. The number of anilines is 1. The molecule has 0 unspecified atom stereocenters. The minimum absolute atomic E-state index is 0.148. The molecule has 148 valence electrons. The highest BCUT2D eigenvalue weighted by Crippen LogP contribution is 2.17. The summed E-state index contributed by atoms with van der Waals surface area (Å²) in [6.45, 7) is 3.39. The van der Waals surface area contributed by atoms with Gasteiger partial charge in [-0.15, -0.1) is 11.3 Å². The zero-order chi connectivity index (χ0) is 20.1. The fourth-order valence-electron chi connectivity index (χ4n) is 2.80. The molecular weight excluding hydrogens is 388 g/mol. The van der Waals surface area contributed by atoms with E-state index >= 15 is 0 Å². The monoisotopic (exact) mass is 408 g/mol. The van der Waals surface area contributed by atoms with Gasteiger partial charge in [-0.05, 0) is 36.6 Å². The molecule has 3 heterocycles. The molecule has 0 fully saturated rings. The van der Waals surface area contributed by atoms with E-state index in [0.29, 0.717) is 36.8 Å². The van der Waals surface area contributed by atoms with Crippen LogP contribution in [0.15, 0.2) is 54.2 Å². The predicted molar refractivity (Wildman–Crippen MR) is 111 cm³/mol. The second kappa shape index (κ2) is 8.70. The van der Waals surface area contributed by atoms with Crippen LogP contribution >= 0.6 is 11.3 Å². The van der Waals surface area contributed by atoms with Crippen molar-refractivity contribution in [1.29, 1.82) is 0 Å². The quantitative estimate of drug-likeness (QED) is 0.436. The first-order valence-electron chi connectivity index (χ1n) is 9.14. The fraction of sp³-hybridized carbons (Fsp3) is 0.200. The maximum Gasteiger partial charge on any atom is 0.254 e. The van der Waals surface area contributed by atoms with Gasteiger partial charge in [-0.25, -0.2) is 4.98 Å². The second-order valence-electron chi connectivity index (χ2n) is 6.33. The van der Waals surface area contributed by atoms with Crippen molar-refractivity contribution in [3.05, 3.63) is 70.3 Å². The van der Waals surface area contributed by atoms with Gasteiger partial charge in [0.05, 0.1) is 0 Å². The number of fused-ring (bicyclic) bond motifs is 1. The lowest BCUT2D eigenvalue weighted by atomic mass is 10.2. The summed E-state index contributed by atoms with van der Waals surface area (Å²) in [5.74, 6) is 1.84. The maximum absolute atomic E-state index is 12.4. The van der Waals surface area contributed by atoms with Crippen LogP contribution < -0.4 is 15.4 Å². The molecule has 4 aromatic rings. The van der Waals surface area contributed by atoms with Gasteiger partial charge in [-0.2, -0.15) is 14.6 Å². The Morgan fingerprint density at radius 3 is 3.00 bits per heavy atom. The molecule has 29 heavy (non-hydrogen) atoms. The Hall–Kier alpha value is -3.46. The molecule has 0 saturated carbocycles. The van der Waals surface area contributed by atoms with Gasteiger partial charge in [-0.3, -0.25) is 4.79 Å². The molecule has 4 rings (SSSR count). The number of hydrogen-bond acceptors (Lipinski definition) is 7. The van der Waals surface area contributed by atoms with Crippen LogP contribution in [0.25, 0.3) is 5.78 Å². The van der Waals surface area contributed by atoms with Gasteiger partial charge in [0.15, 0.2) is 0 Å². The summed E-state index contributed by atoms with van der Waals surface area (Å²) in [5.41, 5.74) is 1.41. The molecule has 2 N–H and O–H groups in total. The van der Waals surface area contributed by atoms with E-state index < -0.39 is 0 Å². The average molecular weight is 408 g/mol. The Kier molecular flexibility index (Phi) is 5.66. The van der Waals surface area contributed by atoms with Crippen LogP contribution in [0.1, 0.15) is 20.9 Å². The third-order valence-corrected chi connectivity index (χ3v) is 5.00. The summed E-state index contributed by atoms with van der Waals surface area (Å²) in [4.78, 5) is 22.0. The van der Waals surface area contributed by atoms with Crippen LogP contribution in [0.2, 0.25) is 0 Å². The zero-order valence-electron chi connectivity index (χ0n) is 15.8. The number of aryl methyl sites for hydroxylation is 1. The number of ether oxygens (including phenoxy) is 1. The van der Waals surface area contributed by atoms with E-state index in [2.05, 4.69) is 25.7 Å². The molecule has 1 amide bonds. The lowest BCUT2D eigenvalue weighted by Crippen LogP contribution is -2.29. The smallest absolute Gasteiger partial charge is 0.254 e. The largest absolute Gasteiger partial charge is 0.488 e. The highest BCUT2D eigenvalue weighted by molar-refractivity contribution is 7.09. The van der Waals surface area contributed by atoms with Crippen LogP contribution in [0.3, 0.4) is 0 Å². The second-order valence-corrected chi connectivity index (χ2v) is 7.37. The van der Waals surface area contributed by atoms with Gasteiger partial charge in [-0.1, -0.05) is 12.1 Å². The van der Waals surface area contributed by atoms with Crippen LogP contribution in [0.5, 0.6) is 5.75 Å². The van der Waals surface area contributed by atoms with E-state index in [1.54, 1.807) is 28.0 Å². The first-order valence-corrected chi connectivity index (χ1v) is 10.0. The minimum atomic E-state index is -0.148. The van der Waals surface area contributed by atoms with Gasteiger partial charge >= 0.3 is 0 Å². The molecule has 0 spiro atoms.